The SMILES string of the molecule is CCCCCCCCCCCCCCCC=CCC(CCCCC)CCc1ccccc1C1=C(CCCC)C(CCCCCCCC)=C(c2ccccc2CCC(CC=CCCCCCCCCCCCCCCC)CCCCC)[N+]1=[N-].CO.CO.[Ni]. The van der Waals surface area contributed by atoms with Crippen molar-refractivity contribution in [1.29, 1.82) is 0 Å². The molecule has 504 valence electrons. The van der Waals surface area contributed by atoms with Gasteiger partial charge in [-0.15, -0.1) is 0 Å². The van der Waals surface area contributed by atoms with Crippen molar-refractivity contribution in [2.45, 2.75) is 375 Å². The molecular formula is C82H144N2NiO2. The fraction of sp³-hybridized carbons (Fsp3) is 0.756. The van der Waals surface area contributed by atoms with Crippen LogP contribution in [0.2, 0.25) is 0 Å². The van der Waals surface area contributed by atoms with E-state index in [0.717, 1.165) is 64.1 Å². The first-order valence-electron chi connectivity index (χ1n) is 37.9. The first-order chi connectivity index (χ1) is 42.5. The molecule has 87 heavy (non-hydrogen) atoms. The molecule has 1 aliphatic heterocycles. The maximum absolute atomic E-state index is 13.1. The smallest absolute Gasteiger partial charge is 0.211 e. The van der Waals surface area contributed by atoms with Crippen LogP contribution in [0.1, 0.15) is 385 Å². The summed E-state index contributed by atoms with van der Waals surface area (Å²) in [5, 5.41) is 14.0. The molecule has 0 spiro atoms. The number of aryl methyl sites for hydroxylation is 2. The summed E-state index contributed by atoms with van der Waals surface area (Å²) in [6, 6.07) is 18.5. The molecular weight excluding hydrogens is 1100 g/mol. The fourth-order valence-corrected chi connectivity index (χ4v) is 13.3. The molecule has 1 heterocycles. The number of aliphatic hydroxyl groups is 2. The number of benzene rings is 2. The van der Waals surface area contributed by atoms with Crippen molar-refractivity contribution in [3.63, 3.8) is 0 Å². The zero-order valence-corrected chi connectivity index (χ0v) is 59.9. The van der Waals surface area contributed by atoms with Gasteiger partial charge in [0.25, 0.3) is 0 Å². The van der Waals surface area contributed by atoms with Gasteiger partial charge in [0.2, 0.25) is 11.4 Å². The Morgan fingerprint density at radius 2 is 0.598 bits per heavy atom. The van der Waals surface area contributed by atoms with E-state index in [-0.39, 0.29) is 16.5 Å². The molecule has 0 aliphatic carbocycles. The third kappa shape index (κ3) is 41.5. The van der Waals surface area contributed by atoms with E-state index in [0.29, 0.717) is 11.8 Å². The van der Waals surface area contributed by atoms with Gasteiger partial charge >= 0.3 is 0 Å². The van der Waals surface area contributed by atoms with Gasteiger partial charge in [-0.1, -0.05) is 346 Å². The van der Waals surface area contributed by atoms with Crippen LogP contribution in [0.3, 0.4) is 0 Å². The number of hydrogen-bond donors (Lipinski definition) is 2. The Morgan fingerprint density at radius 3 is 0.931 bits per heavy atom. The van der Waals surface area contributed by atoms with E-state index in [1.165, 1.54) is 329 Å². The van der Waals surface area contributed by atoms with Crippen LogP contribution in [0.25, 0.3) is 16.9 Å². The maximum atomic E-state index is 13.1. The summed E-state index contributed by atoms with van der Waals surface area (Å²) in [7, 11) is 2.00. The van der Waals surface area contributed by atoms with Gasteiger partial charge in [0.15, 0.2) is 0 Å². The van der Waals surface area contributed by atoms with Crippen LogP contribution in [0, 0.1) is 11.8 Å². The Morgan fingerprint density at radius 1 is 0.322 bits per heavy atom. The van der Waals surface area contributed by atoms with Crippen LogP contribution >= 0.6 is 0 Å². The number of unbranched alkanes of at least 4 members (excludes halogenated alkanes) is 36. The average Bonchev–Trinajstić information content (AvgIpc) is 2.39. The molecule has 2 unspecified atom stereocenters. The minimum atomic E-state index is 0. The van der Waals surface area contributed by atoms with Gasteiger partial charge in [0.05, 0.1) is 0 Å². The van der Waals surface area contributed by atoms with Crippen molar-refractivity contribution in [3.05, 3.63) is 112 Å². The molecule has 3 rings (SSSR count). The van der Waals surface area contributed by atoms with Crippen molar-refractivity contribution in [3.8, 4) is 0 Å². The van der Waals surface area contributed by atoms with E-state index in [1.807, 2.05) is 0 Å². The molecule has 2 aromatic carbocycles. The van der Waals surface area contributed by atoms with E-state index in [1.54, 1.807) is 4.70 Å². The fourth-order valence-electron chi connectivity index (χ4n) is 13.3. The van der Waals surface area contributed by atoms with Gasteiger partial charge in [-0.05, 0) is 125 Å². The summed E-state index contributed by atoms with van der Waals surface area (Å²) < 4.78 is 1.73. The third-order valence-electron chi connectivity index (χ3n) is 18.8. The van der Waals surface area contributed by atoms with Crippen molar-refractivity contribution < 1.29 is 31.4 Å². The molecule has 5 heteroatoms. The van der Waals surface area contributed by atoms with Crippen LogP contribution in [0.5, 0.6) is 0 Å². The zero-order valence-electron chi connectivity index (χ0n) is 59.0. The molecule has 1 aliphatic rings. The largest absolute Gasteiger partial charge is 0.493 e. The van der Waals surface area contributed by atoms with Gasteiger partial charge < -0.3 is 15.7 Å². The van der Waals surface area contributed by atoms with Gasteiger partial charge in [-0.3, -0.25) is 0 Å². The number of rotatable bonds is 58. The second kappa shape index (κ2) is 63.6. The summed E-state index contributed by atoms with van der Waals surface area (Å²) in [5.74, 6) is 1.39. The third-order valence-corrected chi connectivity index (χ3v) is 18.8. The second-order valence-electron chi connectivity index (χ2n) is 26.2. The quantitative estimate of drug-likeness (QED) is 0.0300. The van der Waals surface area contributed by atoms with Gasteiger partial charge in [-0.2, -0.15) is 0 Å². The predicted octanol–water partition coefficient (Wildman–Crippen LogP) is 27.1. The molecule has 2 atom stereocenters. The summed E-state index contributed by atoms with van der Waals surface area (Å²) in [4.78, 5) is 0. The Kier molecular flexibility index (Phi) is 61.7. The molecule has 0 fully saturated rings. The summed E-state index contributed by atoms with van der Waals surface area (Å²) in [6.07, 6.45) is 79.0. The number of aliphatic hydroxyl groups excluding tert-OH is 2. The van der Waals surface area contributed by atoms with Crippen molar-refractivity contribution in [2.24, 2.45) is 11.8 Å². The van der Waals surface area contributed by atoms with Crippen molar-refractivity contribution in [2.75, 3.05) is 14.2 Å². The van der Waals surface area contributed by atoms with Crippen molar-refractivity contribution >= 4 is 11.4 Å². The summed E-state index contributed by atoms with van der Waals surface area (Å²) >= 11 is 0. The summed E-state index contributed by atoms with van der Waals surface area (Å²) in [5.41, 5.74) is 23.4. The van der Waals surface area contributed by atoms with Crippen LogP contribution < -0.4 is 0 Å². The van der Waals surface area contributed by atoms with Crippen LogP contribution in [-0.4, -0.2) is 29.1 Å². The van der Waals surface area contributed by atoms with Crippen molar-refractivity contribution in [1.82, 2.24) is 0 Å². The van der Waals surface area contributed by atoms with Crippen LogP contribution in [0.15, 0.2) is 84.0 Å². The molecule has 4 nitrogen and oxygen atoms in total. The van der Waals surface area contributed by atoms with E-state index >= 15 is 0 Å². The van der Waals surface area contributed by atoms with Gasteiger partial charge in [-0.25, -0.2) is 4.70 Å². The average molecular weight is 1250 g/mol. The van der Waals surface area contributed by atoms with Crippen LogP contribution in [-0.2, 0) is 29.3 Å². The van der Waals surface area contributed by atoms with E-state index < -0.39 is 0 Å². The molecule has 0 bridgehead atoms. The number of allylic oxidation sites excluding steroid dienone is 6. The first-order valence-corrected chi connectivity index (χ1v) is 37.9. The first kappa shape index (κ1) is 84.4. The minimum absolute atomic E-state index is 0. The van der Waals surface area contributed by atoms with E-state index in [4.69, 9.17) is 10.2 Å². The number of nitrogens with zero attached hydrogens (tertiary/aromatic N) is 2. The zero-order chi connectivity index (χ0) is 62.6. The molecule has 2 aromatic rings. The molecule has 0 saturated carbocycles. The topological polar surface area (TPSA) is 65.8 Å². The monoisotopic (exact) mass is 1250 g/mol. The molecule has 0 radical (unpaired) electrons. The van der Waals surface area contributed by atoms with Gasteiger partial charge in [0, 0.05) is 53.0 Å². The van der Waals surface area contributed by atoms with E-state index in [2.05, 4.69) is 114 Å². The second-order valence-corrected chi connectivity index (χ2v) is 26.2. The Hall–Kier alpha value is -2.59. The predicted molar refractivity (Wildman–Crippen MR) is 384 cm³/mol. The molecule has 2 N–H and O–H groups in total. The molecule has 0 saturated heterocycles. The Labute approximate surface area is 552 Å². The molecule has 0 amide bonds. The maximum Gasteiger partial charge on any atom is 0.211 e. The Balaban J connectivity index is 0.0000145. The summed E-state index contributed by atoms with van der Waals surface area (Å²) in [6.45, 7) is 14.0. The van der Waals surface area contributed by atoms with E-state index in [9.17, 15) is 5.53 Å². The number of hydrogen-bond acceptors (Lipinski definition) is 2. The Bertz CT molecular complexity index is 1960. The molecule has 0 aromatic heterocycles. The van der Waals surface area contributed by atoms with Crippen LogP contribution in [0.4, 0.5) is 0 Å². The standard InChI is InChI=1S/C80H136N2.2CH4O.Ni/c1-7-13-19-22-25-27-29-31-33-35-37-39-41-43-45-50-59-71(57-48-16-10-4)67-69-73-61-53-55-64-75(73)79-77(63-18-12-6)78(66-52-47-24-21-15-9-3)80(82(79)81)76-65-56-54-62-74(76)70-68-72(58-49-17-11-5)60-51-46-44-42-40-38-36-34-32-30-28-26-23-20-14-8-2;2*1-2;/h45-46,50-51,53-56,61-62,64-65,71-72H,7-44,47-49,52,57-60,63,66-70H2,1-6H3;2*2H,1H3;. The van der Waals surface area contributed by atoms with Gasteiger partial charge in [0.1, 0.15) is 0 Å². The minimum Gasteiger partial charge on any atom is -0.493 e. The normalized spacial score (nSPS) is 13.1.